The zero-order valence-corrected chi connectivity index (χ0v) is 18.8. The van der Waals surface area contributed by atoms with Crippen LogP contribution in [0.2, 0.25) is 0 Å². The highest BCUT2D eigenvalue weighted by molar-refractivity contribution is 5.43. The zero-order chi connectivity index (χ0) is 21.8. The Morgan fingerprint density at radius 3 is 2.58 bits per heavy atom. The van der Waals surface area contributed by atoms with Gasteiger partial charge in [-0.2, -0.15) is 0 Å². The molecule has 0 spiro atoms. The van der Waals surface area contributed by atoms with Crippen LogP contribution in [0, 0.1) is 13.8 Å². The lowest BCUT2D eigenvalue weighted by Crippen LogP contribution is -2.46. The first kappa shape index (κ1) is 21.4. The molecule has 31 heavy (non-hydrogen) atoms. The number of aromatic nitrogens is 1. The molecule has 1 aromatic heterocycles. The molecule has 3 aromatic rings. The summed E-state index contributed by atoms with van der Waals surface area (Å²) in [4.78, 5) is 4.95. The molecule has 0 radical (unpaired) electrons. The Kier molecular flexibility index (Phi) is 6.59. The SMILES string of the molecule is COc1cc(CN2CCN(C)C[C@H]2c2ccccc2)ccc1OCc1c(C)noc1C. The first-order chi connectivity index (χ1) is 15.0. The van der Waals surface area contributed by atoms with Gasteiger partial charge in [-0.05, 0) is 44.2 Å². The highest BCUT2D eigenvalue weighted by Gasteiger charge is 2.26. The fraction of sp³-hybridized carbons (Fsp3) is 0.400. The third kappa shape index (κ3) is 4.92. The molecule has 164 valence electrons. The van der Waals surface area contributed by atoms with Crippen LogP contribution in [0.25, 0.3) is 0 Å². The quantitative estimate of drug-likeness (QED) is 0.565. The Bertz CT molecular complexity index is 983. The summed E-state index contributed by atoms with van der Waals surface area (Å²) < 4.78 is 16.9. The van der Waals surface area contributed by atoms with Crippen molar-refractivity contribution < 1.29 is 14.0 Å². The fourth-order valence-corrected chi connectivity index (χ4v) is 4.16. The van der Waals surface area contributed by atoms with Crippen LogP contribution in [0.5, 0.6) is 11.5 Å². The zero-order valence-electron chi connectivity index (χ0n) is 18.8. The third-order valence-electron chi connectivity index (χ3n) is 6.05. The lowest BCUT2D eigenvalue weighted by atomic mass is 10.0. The minimum absolute atomic E-state index is 0.376. The number of aryl methyl sites for hydroxylation is 2. The van der Waals surface area contributed by atoms with E-state index in [9.17, 15) is 0 Å². The summed E-state index contributed by atoms with van der Waals surface area (Å²) in [5, 5.41) is 3.99. The fourth-order valence-electron chi connectivity index (χ4n) is 4.16. The van der Waals surface area contributed by atoms with Gasteiger partial charge in [-0.15, -0.1) is 0 Å². The highest BCUT2D eigenvalue weighted by atomic mass is 16.5. The molecule has 2 heterocycles. The number of likely N-dealkylation sites (N-methyl/N-ethyl adjacent to an activating group) is 1. The number of ether oxygens (including phenoxy) is 2. The van der Waals surface area contributed by atoms with Gasteiger partial charge in [-0.3, -0.25) is 4.90 Å². The second kappa shape index (κ2) is 9.54. The highest BCUT2D eigenvalue weighted by Crippen LogP contribution is 2.32. The van der Waals surface area contributed by atoms with E-state index in [0.29, 0.717) is 12.6 Å². The summed E-state index contributed by atoms with van der Waals surface area (Å²) >= 11 is 0. The number of hydrogen-bond donors (Lipinski definition) is 0. The average Bonchev–Trinajstić information content (AvgIpc) is 3.11. The number of rotatable bonds is 7. The van der Waals surface area contributed by atoms with E-state index in [1.54, 1.807) is 7.11 Å². The largest absolute Gasteiger partial charge is 0.493 e. The lowest BCUT2D eigenvalue weighted by molar-refractivity contribution is 0.0833. The van der Waals surface area contributed by atoms with Crippen molar-refractivity contribution in [1.29, 1.82) is 0 Å². The van der Waals surface area contributed by atoms with E-state index in [1.807, 2.05) is 19.9 Å². The minimum atomic E-state index is 0.376. The number of methoxy groups -OCH3 is 1. The molecule has 4 rings (SSSR count). The van der Waals surface area contributed by atoms with E-state index in [-0.39, 0.29) is 0 Å². The van der Waals surface area contributed by atoms with E-state index in [4.69, 9.17) is 14.0 Å². The monoisotopic (exact) mass is 421 g/mol. The van der Waals surface area contributed by atoms with Crippen molar-refractivity contribution in [2.75, 3.05) is 33.8 Å². The second-order valence-corrected chi connectivity index (χ2v) is 8.24. The van der Waals surface area contributed by atoms with E-state index in [1.165, 1.54) is 11.1 Å². The maximum absolute atomic E-state index is 6.04. The third-order valence-corrected chi connectivity index (χ3v) is 6.05. The molecule has 6 nitrogen and oxygen atoms in total. The van der Waals surface area contributed by atoms with Crippen molar-refractivity contribution in [2.45, 2.75) is 33.0 Å². The predicted molar refractivity (Wildman–Crippen MR) is 120 cm³/mol. The van der Waals surface area contributed by atoms with Gasteiger partial charge in [0.25, 0.3) is 0 Å². The summed E-state index contributed by atoms with van der Waals surface area (Å²) in [5.41, 5.74) is 4.41. The summed E-state index contributed by atoms with van der Waals surface area (Å²) in [6.45, 7) is 8.23. The molecule has 0 aliphatic carbocycles. The van der Waals surface area contributed by atoms with Crippen LogP contribution in [0.1, 0.15) is 34.2 Å². The van der Waals surface area contributed by atoms with Crippen molar-refractivity contribution in [2.24, 2.45) is 0 Å². The van der Waals surface area contributed by atoms with Crippen molar-refractivity contribution >= 4 is 0 Å². The van der Waals surface area contributed by atoms with Gasteiger partial charge in [-0.1, -0.05) is 41.6 Å². The molecule has 0 amide bonds. The Morgan fingerprint density at radius 2 is 1.87 bits per heavy atom. The van der Waals surface area contributed by atoms with Gasteiger partial charge in [0.05, 0.1) is 18.4 Å². The summed E-state index contributed by atoms with van der Waals surface area (Å²) in [5.74, 6) is 2.26. The van der Waals surface area contributed by atoms with Crippen molar-refractivity contribution in [3.05, 3.63) is 76.7 Å². The molecule has 0 N–H and O–H groups in total. The molecule has 1 atom stereocenters. The van der Waals surface area contributed by atoms with Gasteiger partial charge in [0.2, 0.25) is 0 Å². The average molecular weight is 422 g/mol. The number of nitrogens with zero attached hydrogens (tertiary/aromatic N) is 3. The Labute approximate surface area is 184 Å². The maximum Gasteiger partial charge on any atom is 0.161 e. The van der Waals surface area contributed by atoms with Gasteiger partial charge in [0.15, 0.2) is 11.5 Å². The van der Waals surface area contributed by atoms with Crippen molar-refractivity contribution in [3.63, 3.8) is 0 Å². The molecule has 0 saturated carbocycles. The van der Waals surface area contributed by atoms with Gasteiger partial charge < -0.3 is 18.9 Å². The topological polar surface area (TPSA) is 51.0 Å². The summed E-state index contributed by atoms with van der Waals surface area (Å²) in [6, 6.07) is 17.4. The summed E-state index contributed by atoms with van der Waals surface area (Å²) in [7, 11) is 3.88. The van der Waals surface area contributed by atoms with E-state index in [2.05, 4.69) is 64.5 Å². The molecule has 1 fully saturated rings. The van der Waals surface area contributed by atoms with Crippen LogP contribution in [-0.2, 0) is 13.2 Å². The molecule has 1 aliphatic rings. The smallest absolute Gasteiger partial charge is 0.161 e. The molecule has 0 unspecified atom stereocenters. The Balaban J connectivity index is 1.49. The summed E-state index contributed by atoms with van der Waals surface area (Å²) in [6.07, 6.45) is 0. The molecule has 0 bridgehead atoms. The molecular formula is C25H31N3O3. The first-order valence-corrected chi connectivity index (χ1v) is 10.7. The Hall–Kier alpha value is -2.83. The van der Waals surface area contributed by atoms with Crippen LogP contribution >= 0.6 is 0 Å². The molecule has 1 aliphatic heterocycles. The van der Waals surface area contributed by atoms with Crippen LogP contribution in [-0.4, -0.2) is 48.7 Å². The molecule has 1 saturated heterocycles. The van der Waals surface area contributed by atoms with Crippen LogP contribution < -0.4 is 9.47 Å². The predicted octanol–water partition coefficient (Wildman–Crippen LogP) is 4.37. The number of piperazine rings is 1. The van der Waals surface area contributed by atoms with Gasteiger partial charge in [0.1, 0.15) is 12.4 Å². The van der Waals surface area contributed by atoms with E-state index < -0.39 is 0 Å². The maximum atomic E-state index is 6.04. The molecular weight excluding hydrogens is 390 g/mol. The van der Waals surface area contributed by atoms with Gasteiger partial charge >= 0.3 is 0 Å². The van der Waals surface area contributed by atoms with Gasteiger partial charge in [-0.25, -0.2) is 0 Å². The molecule has 6 heteroatoms. The van der Waals surface area contributed by atoms with Gasteiger partial charge in [0, 0.05) is 32.2 Å². The second-order valence-electron chi connectivity index (χ2n) is 8.24. The van der Waals surface area contributed by atoms with E-state index >= 15 is 0 Å². The normalized spacial score (nSPS) is 17.6. The van der Waals surface area contributed by atoms with Crippen molar-refractivity contribution in [3.8, 4) is 11.5 Å². The number of benzene rings is 2. The first-order valence-electron chi connectivity index (χ1n) is 10.7. The lowest BCUT2D eigenvalue weighted by Gasteiger charge is -2.40. The van der Waals surface area contributed by atoms with Crippen molar-refractivity contribution in [1.82, 2.24) is 15.0 Å². The van der Waals surface area contributed by atoms with E-state index in [0.717, 1.165) is 54.7 Å². The minimum Gasteiger partial charge on any atom is -0.493 e. The standard InChI is InChI=1S/C25H31N3O3/c1-18-22(19(2)31-26-18)17-30-24-11-10-20(14-25(24)29-4)15-28-13-12-27(3)16-23(28)21-8-6-5-7-9-21/h5-11,14,23H,12-13,15-17H2,1-4H3/t23-/m0/s1. The number of hydrogen-bond acceptors (Lipinski definition) is 6. The molecule has 2 aromatic carbocycles. The van der Waals surface area contributed by atoms with Crippen LogP contribution in [0.3, 0.4) is 0 Å². The van der Waals surface area contributed by atoms with Crippen LogP contribution in [0.4, 0.5) is 0 Å². The van der Waals surface area contributed by atoms with Crippen LogP contribution in [0.15, 0.2) is 53.1 Å². The Morgan fingerprint density at radius 1 is 1.06 bits per heavy atom.